The number of fused-ring (bicyclic) bond motifs is 2. The summed E-state index contributed by atoms with van der Waals surface area (Å²) in [6.45, 7) is 10.9. The van der Waals surface area contributed by atoms with Gasteiger partial charge in [0.2, 0.25) is 0 Å². The zero-order valence-corrected chi connectivity index (χ0v) is 13.0. The van der Waals surface area contributed by atoms with Gasteiger partial charge in [-0.2, -0.15) is 0 Å². The van der Waals surface area contributed by atoms with E-state index >= 15 is 0 Å². The highest BCUT2D eigenvalue weighted by molar-refractivity contribution is 5.70. The molecule has 1 heterocycles. The smallest absolute Gasteiger partial charge is 0.362 e. The van der Waals surface area contributed by atoms with Gasteiger partial charge in [0, 0.05) is 5.41 Å². The molecule has 0 spiro atoms. The first-order valence-electron chi connectivity index (χ1n) is 8.04. The summed E-state index contributed by atoms with van der Waals surface area (Å²) in [7, 11) is 0. The molecule has 20 heavy (non-hydrogen) atoms. The standard InChI is InChI=1S/C16H27NO3/c1-15(2)12-4-5-16(15,3)13(10-12)20-14(18)11-17-6-8-19-9-7-17/h12-13H,4-11H2,1-3H3/p+1/t12-,13-,16+/m0/s1. The molecule has 1 N–H and O–H groups in total. The maximum atomic E-state index is 12.2. The Labute approximate surface area is 121 Å². The van der Waals surface area contributed by atoms with Crippen LogP contribution in [0.15, 0.2) is 0 Å². The predicted octanol–water partition coefficient (Wildman–Crippen LogP) is 0.660. The van der Waals surface area contributed by atoms with Crippen LogP contribution in [0.1, 0.15) is 40.0 Å². The second-order valence-corrected chi connectivity index (χ2v) is 7.63. The van der Waals surface area contributed by atoms with Crippen molar-refractivity contribution >= 4 is 5.97 Å². The highest BCUT2D eigenvalue weighted by Crippen LogP contribution is 2.66. The van der Waals surface area contributed by atoms with Crippen LogP contribution in [0.4, 0.5) is 0 Å². The number of esters is 1. The summed E-state index contributed by atoms with van der Waals surface area (Å²) in [5.74, 6) is 0.706. The lowest BCUT2D eigenvalue weighted by molar-refractivity contribution is -0.900. The van der Waals surface area contributed by atoms with Gasteiger partial charge in [-0.25, -0.2) is 4.79 Å². The van der Waals surface area contributed by atoms with Crippen LogP contribution in [0.25, 0.3) is 0 Å². The number of quaternary nitrogens is 1. The molecule has 0 radical (unpaired) electrons. The van der Waals surface area contributed by atoms with E-state index in [0.29, 0.717) is 12.0 Å². The Hall–Kier alpha value is -0.610. The minimum Gasteiger partial charge on any atom is -0.458 e. The minimum absolute atomic E-state index is 0.0172. The number of nitrogens with one attached hydrogen (secondary N) is 1. The lowest BCUT2D eigenvalue weighted by Gasteiger charge is -2.38. The minimum atomic E-state index is -0.0172. The van der Waals surface area contributed by atoms with E-state index in [4.69, 9.17) is 9.47 Å². The average Bonchev–Trinajstić information content (AvgIpc) is 2.73. The third-order valence-electron chi connectivity index (χ3n) is 6.58. The van der Waals surface area contributed by atoms with Crippen LogP contribution in [-0.2, 0) is 14.3 Å². The Morgan fingerprint density at radius 1 is 1.30 bits per heavy atom. The Bertz CT molecular complexity index is 389. The molecule has 3 rings (SSSR count). The zero-order chi connectivity index (χ0) is 14.4. The number of hydrogen-bond donors (Lipinski definition) is 1. The molecule has 0 aromatic carbocycles. The molecule has 0 amide bonds. The molecule has 0 unspecified atom stereocenters. The number of carbonyl (C=O) groups excluding carboxylic acids is 1. The van der Waals surface area contributed by atoms with E-state index in [1.807, 2.05) is 0 Å². The molecule has 1 saturated heterocycles. The van der Waals surface area contributed by atoms with Crippen LogP contribution < -0.4 is 4.90 Å². The quantitative estimate of drug-likeness (QED) is 0.773. The number of rotatable bonds is 3. The molecule has 2 saturated carbocycles. The van der Waals surface area contributed by atoms with Crippen LogP contribution in [0, 0.1) is 16.7 Å². The summed E-state index contributed by atoms with van der Waals surface area (Å²) >= 11 is 0. The van der Waals surface area contributed by atoms with Crippen LogP contribution in [0.3, 0.4) is 0 Å². The summed E-state index contributed by atoms with van der Waals surface area (Å²) < 4.78 is 11.2. The van der Waals surface area contributed by atoms with Gasteiger partial charge < -0.3 is 14.4 Å². The fourth-order valence-electron chi connectivity index (χ4n) is 4.55. The molecule has 2 aliphatic carbocycles. The molecular weight excluding hydrogens is 254 g/mol. The monoisotopic (exact) mass is 282 g/mol. The Kier molecular flexibility index (Phi) is 3.57. The van der Waals surface area contributed by atoms with Gasteiger partial charge in [0.1, 0.15) is 19.2 Å². The van der Waals surface area contributed by atoms with E-state index in [0.717, 1.165) is 38.6 Å². The summed E-state index contributed by atoms with van der Waals surface area (Å²) in [6.07, 6.45) is 3.69. The summed E-state index contributed by atoms with van der Waals surface area (Å²) in [6, 6.07) is 0. The average molecular weight is 282 g/mol. The van der Waals surface area contributed by atoms with E-state index < -0.39 is 0 Å². The van der Waals surface area contributed by atoms with Crippen molar-refractivity contribution in [1.82, 2.24) is 0 Å². The van der Waals surface area contributed by atoms with Crippen LogP contribution in [0.2, 0.25) is 0 Å². The fourth-order valence-corrected chi connectivity index (χ4v) is 4.55. The van der Waals surface area contributed by atoms with Gasteiger partial charge >= 0.3 is 5.97 Å². The van der Waals surface area contributed by atoms with Crippen molar-refractivity contribution < 1.29 is 19.2 Å². The Morgan fingerprint density at radius 2 is 2.00 bits per heavy atom. The number of morpholine rings is 1. The molecule has 0 aromatic rings. The lowest BCUT2D eigenvalue weighted by atomic mass is 9.70. The first-order chi connectivity index (χ1) is 9.43. The van der Waals surface area contributed by atoms with E-state index in [-0.39, 0.29) is 17.5 Å². The molecule has 114 valence electrons. The molecular formula is C16H28NO3+. The number of ether oxygens (including phenoxy) is 2. The topological polar surface area (TPSA) is 40.0 Å². The van der Waals surface area contributed by atoms with Gasteiger partial charge in [-0.15, -0.1) is 0 Å². The van der Waals surface area contributed by atoms with Gasteiger partial charge in [0.25, 0.3) is 0 Å². The van der Waals surface area contributed by atoms with E-state index in [2.05, 4.69) is 20.8 Å². The predicted molar refractivity (Wildman–Crippen MR) is 75.5 cm³/mol. The summed E-state index contributed by atoms with van der Waals surface area (Å²) in [5, 5.41) is 0. The van der Waals surface area contributed by atoms with Crippen LogP contribution >= 0.6 is 0 Å². The Morgan fingerprint density at radius 3 is 2.55 bits per heavy atom. The van der Waals surface area contributed by atoms with Gasteiger partial charge in [0.05, 0.1) is 13.2 Å². The second-order valence-electron chi connectivity index (χ2n) is 7.63. The number of carbonyl (C=O) groups is 1. The molecule has 0 aromatic heterocycles. The van der Waals surface area contributed by atoms with Gasteiger partial charge in [0.15, 0.2) is 6.54 Å². The van der Waals surface area contributed by atoms with E-state index in [1.165, 1.54) is 17.7 Å². The largest absolute Gasteiger partial charge is 0.458 e. The molecule has 1 aliphatic heterocycles. The maximum Gasteiger partial charge on any atom is 0.362 e. The highest BCUT2D eigenvalue weighted by atomic mass is 16.5. The van der Waals surface area contributed by atoms with Crippen molar-refractivity contribution in [3.8, 4) is 0 Å². The summed E-state index contributed by atoms with van der Waals surface area (Å²) in [4.78, 5) is 13.5. The zero-order valence-electron chi connectivity index (χ0n) is 13.0. The molecule has 2 bridgehead atoms. The molecule has 3 atom stereocenters. The molecule has 4 heteroatoms. The third kappa shape index (κ3) is 2.17. The first-order valence-corrected chi connectivity index (χ1v) is 8.04. The fraction of sp³-hybridized carbons (Fsp3) is 0.938. The lowest BCUT2D eigenvalue weighted by Crippen LogP contribution is -3.15. The normalized spacial score (nSPS) is 40.0. The van der Waals surface area contributed by atoms with Crippen LogP contribution in [-0.4, -0.2) is 44.9 Å². The van der Waals surface area contributed by atoms with Crippen molar-refractivity contribution in [2.45, 2.75) is 46.1 Å². The SMILES string of the molecule is CC1(C)[C@H]2CC[C@]1(C)[C@@H](OC(=O)C[NH+]1CCOCC1)C2. The maximum absolute atomic E-state index is 12.2. The Balaban J connectivity index is 1.57. The van der Waals surface area contributed by atoms with Crippen molar-refractivity contribution in [1.29, 1.82) is 0 Å². The van der Waals surface area contributed by atoms with Crippen molar-refractivity contribution in [3.05, 3.63) is 0 Å². The molecule has 3 aliphatic rings. The van der Waals surface area contributed by atoms with Crippen LogP contribution in [0.5, 0.6) is 0 Å². The van der Waals surface area contributed by atoms with Crippen molar-refractivity contribution in [2.24, 2.45) is 16.7 Å². The second kappa shape index (κ2) is 4.99. The van der Waals surface area contributed by atoms with Crippen molar-refractivity contribution in [2.75, 3.05) is 32.8 Å². The third-order valence-corrected chi connectivity index (χ3v) is 6.58. The number of hydrogen-bond acceptors (Lipinski definition) is 3. The van der Waals surface area contributed by atoms with Gasteiger partial charge in [-0.3, -0.25) is 0 Å². The molecule has 3 fully saturated rings. The summed E-state index contributed by atoms with van der Waals surface area (Å²) in [5.41, 5.74) is 0.484. The van der Waals surface area contributed by atoms with Gasteiger partial charge in [-0.1, -0.05) is 20.8 Å². The molecule has 4 nitrogen and oxygen atoms in total. The van der Waals surface area contributed by atoms with E-state index in [9.17, 15) is 4.79 Å². The highest BCUT2D eigenvalue weighted by Gasteiger charge is 2.62. The van der Waals surface area contributed by atoms with Crippen molar-refractivity contribution in [3.63, 3.8) is 0 Å². The van der Waals surface area contributed by atoms with Gasteiger partial charge in [-0.05, 0) is 30.6 Å². The van der Waals surface area contributed by atoms with E-state index in [1.54, 1.807) is 0 Å². The first kappa shape index (κ1) is 14.3.